The molecule has 1 aliphatic rings. The van der Waals surface area contributed by atoms with Gasteiger partial charge in [0, 0.05) is 35.2 Å². The fourth-order valence-electron chi connectivity index (χ4n) is 3.30. The second-order valence-corrected chi connectivity index (χ2v) is 7.37. The SMILES string of the molecule is CCN(CC)c1cc(O)c(/C=C(\C#N)C(=O)NC2CCCCC2)cc1Br. The molecule has 2 rings (SSSR count). The minimum absolute atomic E-state index is 0.00774. The number of rotatable bonds is 6. The fourth-order valence-corrected chi connectivity index (χ4v) is 3.91. The fraction of sp³-hybridized carbons (Fsp3) is 0.500. The topological polar surface area (TPSA) is 76.4 Å². The summed E-state index contributed by atoms with van der Waals surface area (Å²) >= 11 is 3.53. The number of carbonyl (C=O) groups is 1. The van der Waals surface area contributed by atoms with Crippen LogP contribution in [0.1, 0.15) is 51.5 Å². The van der Waals surface area contributed by atoms with E-state index in [4.69, 9.17) is 0 Å². The number of aromatic hydroxyl groups is 1. The lowest BCUT2D eigenvalue weighted by Gasteiger charge is -2.23. The van der Waals surface area contributed by atoms with E-state index in [0.29, 0.717) is 5.56 Å². The third-order valence-electron chi connectivity index (χ3n) is 4.81. The van der Waals surface area contributed by atoms with Crippen molar-refractivity contribution in [1.29, 1.82) is 5.26 Å². The van der Waals surface area contributed by atoms with E-state index in [1.807, 2.05) is 19.9 Å². The minimum Gasteiger partial charge on any atom is -0.507 e. The molecule has 0 unspecified atom stereocenters. The molecule has 0 radical (unpaired) electrons. The van der Waals surface area contributed by atoms with Crippen molar-refractivity contribution in [2.24, 2.45) is 0 Å². The number of nitriles is 1. The van der Waals surface area contributed by atoms with Crippen LogP contribution >= 0.6 is 15.9 Å². The molecule has 26 heavy (non-hydrogen) atoms. The molecule has 1 saturated carbocycles. The second-order valence-electron chi connectivity index (χ2n) is 6.51. The number of carbonyl (C=O) groups excluding carboxylic acids is 1. The van der Waals surface area contributed by atoms with Crippen LogP contribution in [0.4, 0.5) is 5.69 Å². The number of hydrogen-bond donors (Lipinski definition) is 2. The molecule has 6 heteroatoms. The predicted molar refractivity (Wildman–Crippen MR) is 108 cm³/mol. The second kappa shape index (κ2) is 9.63. The molecule has 1 amide bonds. The predicted octanol–water partition coefficient (Wildman–Crippen LogP) is 4.36. The van der Waals surface area contributed by atoms with Gasteiger partial charge in [0.15, 0.2) is 0 Å². The summed E-state index contributed by atoms with van der Waals surface area (Å²) in [7, 11) is 0. The van der Waals surface area contributed by atoms with Gasteiger partial charge in [-0.05, 0) is 54.8 Å². The van der Waals surface area contributed by atoms with E-state index in [9.17, 15) is 15.2 Å². The van der Waals surface area contributed by atoms with Crippen molar-refractivity contribution in [1.82, 2.24) is 5.32 Å². The molecular formula is C20H26BrN3O2. The molecular weight excluding hydrogens is 394 g/mol. The maximum absolute atomic E-state index is 12.4. The molecule has 5 nitrogen and oxygen atoms in total. The number of nitrogens with one attached hydrogen (secondary N) is 1. The molecule has 0 aromatic heterocycles. The quantitative estimate of drug-likeness (QED) is 0.530. The van der Waals surface area contributed by atoms with Crippen molar-refractivity contribution < 1.29 is 9.90 Å². The summed E-state index contributed by atoms with van der Waals surface area (Å²) in [4.78, 5) is 14.5. The van der Waals surface area contributed by atoms with Crippen LogP contribution in [-0.2, 0) is 4.79 Å². The smallest absolute Gasteiger partial charge is 0.262 e. The van der Waals surface area contributed by atoms with Gasteiger partial charge in [-0.2, -0.15) is 5.26 Å². The molecule has 1 aromatic carbocycles. The Morgan fingerprint density at radius 1 is 1.35 bits per heavy atom. The Labute approximate surface area is 163 Å². The van der Waals surface area contributed by atoms with Crippen molar-refractivity contribution in [3.8, 4) is 11.8 Å². The van der Waals surface area contributed by atoms with E-state index in [2.05, 4.69) is 26.1 Å². The third-order valence-corrected chi connectivity index (χ3v) is 5.44. The van der Waals surface area contributed by atoms with Crippen LogP contribution in [-0.4, -0.2) is 30.1 Å². The van der Waals surface area contributed by atoms with Crippen LogP contribution < -0.4 is 10.2 Å². The monoisotopic (exact) mass is 419 g/mol. The van der Waals surface area contributed by atoms with Crippen molar-refractivity contribution in [3.63, 3.8) is 0 Å². The maximum Gasteiger partial charge on any atom is 0.262 e. The summed E-state index contributed by atoms with van der Waals surface area (Å²) in [5.41, 5.74) is 1.34. The zero-order valence-electron chi connectivity index (χ0n) is 15.4. The molecule has 2 N–H and O–H groups in total. The Hall–Kier alpha value is -2.00. The molecule has 1 aromatic rings. The highest BCUT2D eigenvalue weighted by Crippen LogP contribution is 2.34. The molecule has 0 atom stereocenters. The zero-order chi connectivity index (χ0) is 19.1. The van der Waals surface area contributed by atoms with E-state index in [-0.39, 0.29) is 23.3 Å². The number of phenols is 1. The third kappa shape index (κ3) is 5.01. The molecule has 0 bridgehead atoms. The van der Waals surface area contributed by atoms with Gasteiger partial charge in [0.05, 0.1) is 5.69 Å². The number of anilines is 1. The van der Waals surface area contributed by atoms with E-state index in [1.165, 1.54) is 12.5 Å². The van der Waals surface area contributed by atoms with Gasteiger partial charge < -0.3 is 15.3 Å². The van der Waals surface area contributed by atoms with Crippen LogP contribution in [0, 0.1) is 11.3 Å². The van der Waals surface area contributed by atoms with Crippen LogP contribution in [0.25, 0.3) is 6.08 Å². The van der Waals surface area contributed by atoms with Crippen molar-refractivity contribution in [2.45, 2.75) is 52.0 Å². The lowest BCUT2D eigenvalue weighted by atomic mass is 9.95. The summed E-state index contributed by atoms with van der Waals surface area (Å²) in [6.45, 7) is 5.72. The number of halogens is 1. The van der Waals surface area contributed by atoms with Gasteiger partial charge in [0.1, 0.15) is 17.4 Å². The van der Waals surface area contributed by atoms with Gasteiger partial charge in [0.2, 0.25) is 0 Å². The summed E-state index contributed by atoms with van der Waals surface area (Å²) < 4.78 is 0.815. The van der Waals surface area contributed by atoms with E-state index in [1.54, 1.807) is 12.1 Å². The van der Waals surface area contributed by atoms with Crippen LogP contribution in [0.5, 0.6) is 5.75 Å². The van der Waals surface area contributed by atoms with E-state index >= 15 is 0 Å². The average molecular weight is 420 g/mol. The highest BCUT2D eigenvalue weighted by molar-refractivity contribution is 9.10. The molecule has 0 spiro atoms. The number of amides is 1. The first-order chi connectivity index (χ1) is 12.5. The average Bonchev–Trinajstić information content (AvgIpc) is 2.64. The number of hydrogen-bond acceptors (Lipinski definition) is 4. The molecule has 0 aliphatic heterocycles. The van der Waals surface area contributed by atoms with Gasteiger partial charge in [-0.3, -0.25) is 4.79 Å². The standard InChI is InChI=1S/C20H26BrN3O2/c1-3-24(4-2)18-12-19(25)14(11-17(18)21)10-15(13-22)20(26)23-16-8-6-5-7-9-16/h10-12,16,25H,3-9H2,1-2H3,(H,23,26)/b15-10+. The molecule has 0 saturated heterocycles. The Kier molecular flexibility index (Phi) is 7.52. The Morgan fingerprint density at radius 2 is 2.00 bits per heavy atom. The largest absolute Gasteiger partial charge is 0.507 e. The maximum atomic E-state index is 12.4. The van der Waals surface area contributed by atoms with Gasteiger partial charge in [-0.25, -0.2) is 0 Å². The van der Waals surface area contributed by atoms with Crippen LogP contribution in [0.3, 0.4) is 0 Å². The number of phenolic OH excluding ortho intramolecular Hbond substituents is 1. The Balaban J connectivity index is 2.23. The van der Waals surface area contributed by atoms with Crippen molar-refractivity contribution in [2.75, 3.05) is 18.0 Å². The molecule has 140 valence electrons. The summed E-state index contributed by atoms with van der Waals surface area (Å²) in [5.74, 6) is -0.323. The summed E-state index contributed by atoms with van der Waals surface area (Å²) in [5, 5.41) is 22.7. The lowest BCUT2D eigenvalue weighted by Crippen LogP contribution is -2.36. The number of nitrogens with zero attached hydrogens (tertiary/aromatic N) is 2. The summed E-state index contributed by atoms with van der Waals surface area (Å²) in [6, 6.07) is 5.50. The normalized spacial score (nSPS) is 15.4. The first-order valence-corrected chi connectivity index (χ1v) is 9.99. The highest BCUT2D eigenvalue weighted by atomic mass is 79.9. The summed E-state index contributed by atoms with van der Waals surface area (Å²) in [6.07, 6.45) is 6.78. The van der Waals surface area contributed by atoms with Crippen LogP contribution in [0.2, 0.25) is 0 Å². The highest BCUT2D eigenvalue weighted by Gasteiger charge is 2.19. The van der Waals surface area contributed by atoms with Gasteiger partial charge in [-0.1, -0.05) is 19.3 Å². The van der Waals surface area contributed by atoms with Crippen molar-refractivity contribution in [3.05, 3.63) is 27.7 Å². The van der Waals surface area contributed by atoms with E-state index in [0.717, 1.165) is 48.9 Å². The minimum atomic E-state index is -0.372. The Bertz CT molecular complexity index is 715. The number of benzene rings is 1. The van der Waals surface area contributed by atoms with Gasteiger partial charge in [0.25, 0.3) is 5.91 Å². The van der Waals surface area contributed by atoms with Crippen LogP contribution in [0.15, 0.2) is 22.2 Å². The van der Waals surface area contributed by atoms with Crippen molar-refractivity contribution >= 4 is 33.6 Å². The Morgan fingerprint density at radius 3 is 2.58 bits per heavy atom. The lowest BCUT2D eigenvalue weighted by molar-refractivity contribution is -0.117. The first kappa shape index (κ1) is 20.3. The first-order valence-electron chi connectivity index (χ1n) is 9.20. The molecule has 1 fully saturated rings. The van der Waals surface area contributed by atoms with Gasteiger partial charge in [-0.15, -0.1) is 0 Å². The van der Waals surface area contributed by atoms with E-state index < -0.39 is 0 Å². The van der Waals surface area contributed by atoms with Gasteiger partial charge >= 0.3 is 0 Å². The molecule has 0 heterocycles. The zero-order valence-corrected chi connectivity index (χ0v) is 17.0. The molecule has 1 aliphatic carbocycles.